The number of amides is 2. The monoisotopic (exact) mass is 312 g/mol. The van der Waals surface area contributed by atoms with Crippen molar-refractivity contribution in [2.75, 3.05) is 20.2 Å². The molecule has 0 saturated carbocycles. The maximum absolute atomic E-state index is 11.7. The van der Waals surface area contributed by atoms with Crippen molar-refractivity contribution in [1.82, 2.24) is 10.6 Å². The van der Waals surface area contributed by atoms with E-state index in [0.29, 0.717) is 23.6 Å². The highest BCUT2D eigenvalue weighted by Gasteiger charge is 2.07. The zero-order chi connectivity index (χ0) is 15.7. The number of hydrogen-bond donors (Lipinski definition) is 2. The predicted octanol–water partition coefficient (Wildman–Crippen LogP) is 1.14. The Morgan fingerprint density at radius 2 is 1.86 bits per heavy atom. The maximum Gasteiger partial charge on any atom is 0.306 e. The number of likely N-dealkylation sites (N-methyl/N-ethyl adjacent to an activating group) is 1. The van der Waals surface area contributed by atoms with Crippen LogP contribution in [0.25, 0.3) is 0 Å². The topological polar surface area (TPSA) is 84.5 Å². The van der Waals surface area contributed by atoms with Crippen LogP contribution in [-0.2, 0) is 14.3 Å². The number of rotatable bonds is 7. The molecule has 0 saturated heterocycles. The Kier molecular flexibility index (Phi) is 7.25. The van der Waals surface area contributed by atoms with Crippen LogP contribution in [0.1, 0.15) is 23.2 Å². The third kappa shape index (κ3) is 6.76. The molecule has 2 N–H and O–H groups in total. The smallest absolute Gasteiger partial charge is 0.306 e. The predicted molar refractivity (Wildman–Crippen MR) is 78.0 cm³/mol. The highest BCUT2D eigenvalue weighted by atomic mass is 35.5. The van der Waals surface area contributed by atoms with Crippen molar-refractivity contribution in [2.45, 2.75) is 12.8 Å². The summed E-state index contributed by atoms with van der Waals surface area (Å²) in [6.45, 7) is 0.0585. The van der Waals surface area contributed by atoms with Gasteiger partial charge in [-0.15, -0.1) is 0 Å². The zero-order valence-corrected chi connectivity index (χ0v) is 12.4. The first-order chi connectivity index (χ1) is 10.0. The summed E-state index contributed by atoms with van der Waals surface area (Å²) in [5, 5.41) is 5.58. The molecule has 0 fully saturated rings. The van der Waals surface area contributed by atoms with Crippen LogP contribution in [0.2, 0.25) is 5.02 Å². The number of carbonyl (C=O) groups is 3. The van der Waals surface area contributed by atoms with Gasteiger partial charge < -0.3 is 15.4 Å². The summed E-state index contributed by atoms with van der Waals surface area (Å²) in [6, 6.07) is 6.50. The molecular formula is C14H17ClN2O4. The Balaban J connectivity index is 2.19. The maximum atomic E-state index is 11.7. The van der Waals surface area contributed by atoms with Crippen molar-refractivity contribution < 1.29 is 19.1 Å². The van der Waals surface area contributed by atoms with Gasteiger partial charge in [-0.3, -0.25) is 14.4 Å². The summed E-state index contributed by atoms with van der Waals surface area (Å²) >= 11 is 5.73. The summed E-state index contributed by atoms with van der Waals surface area (Å²) in [7, 11) is 1.46. The van der Waals surface area contributed by atoms with Gasteiger partial charge in [-0.2, -0.15) is 0 Å². The summed E-state index contributed by atoms with van der Waals surface area (Å²) in [5.74, 6) is -1.07. The number of hydrogen-bond acceptors (Lipinski definition) is 4. The second kappa shape index (κ2) is 8.97. The lowest BCUT2D eigenvalue weighted by Crippen LogP contribution is -2.26. The van der Waals surface area contributed by atoms with Crippen molar-refractivity contribution in [3.63, 3.8) is 0 Å². The molecular weight excluding hydrogens is 296 g/mol. The largest absolute Gasteiger partial charge is 0.456 e. The number of ether oxygens (including phenoxy) is 1. The van der Waals surface area contributed by atoms with Gasteiger partial charge in [-0.1, -0.05) is 11.6 Å². The first-order valence-corrected chi connectivity index (χ1v) is 6.80. The third-order valence-electron chi connectivity index (χ3n) is 2.59. The van der Waals surface area contributed by atoms with Gasteiger partial charge in [0, 0.05) is 30.6 Å². The van der Waals surface area contributed by atoms with E-state index in [1.165, 1.54) is 7.05 Å². The molecule has 0 aliphatic carbocycles. The molecule has 21 heavy (non-hydrogen) atoms. The lowest BCUT2D eigenvalue weighted by molar-refractivity contribution is -0.148. The number of esters is 1. The van der Waals surface area contributed by atoms with Crippen LogP contribution in [0.4, 0.5) is 0 Å². The van der Waals surface area contributed by atoms with Crippen LogP contribution in [0, 0.1) is 0 Å². The summed E-state index contributed by atoms with van der Waals surface area (Å²) in [4.78, 5) is 33.9. The fourth-order valence-electron chi connectivity index (χ4n) is 1.43. The summed E-state index contributed by atoms with van der Waals surface area (Å²) in [5.41, 5.74) is 0.501. The molecule has 1 aromatic carbocycles. The molecule has 2 amide bonds. The molecule has 0 bridgehead atoms. The van der Waals surface area contributed by atoms with Crippen LogP contribution in [0.3, 0.4) is 0 Å². The Hall–Kier alpha value is -2.08. The van der Waals surface area contributed by atoms with Crippen LogP contribution in [-0.4, -0.2) is 38.0 Å². The normalized spacial score (nSPS) is 9.81. The Morgan fingerprint density at radius 1 is 1.19 bits per heavy atom. The quantitative estimate of drug-likeness (QED) is 0.584. The molecule has 1 aromatic rings. The number of benzene rings is 1. The molecule has 1 rings (SSSR count). The van der Waals surface area contributed by atoms with Crippen LogP contribution >= 0.6 is 11.6 Å². The minimum absolute atomic E-state index is 0.137. The third-order valence-corrected chi connectivity index (χ3v) is 2.84. The highest BCUT2D eigenvalue weighted by Crippen LogP contribution is 2.09. The van der Waals surface area contributed by atoms with E-state index in [1.807, 2.05) is 0 Å². The molecule has 0 heterocycles. The standard InChI is InChI=1S/C14H17ClN2O4/c1-16-12(18)9-21-13(19)3-2-8-17-14(20)10-4-6-11(15)7-5-10/h4-7H,2-3,8-9H2,1H3,(H,16,18)(H,17,20). The average Bonchev–Trinajstić information content (AvgIpc) is 2.49. The van der Waals surface area contributed by atoms with E-state index >= 15 is 0 Å². The lowest BCUT2D eigenvalue weighted by Gasteiger charge is -2.06. The second-order valence-corrected chi connectivity index (χ2v) is 4.64. The van der Waals surface area contributed by atoms with Gasteiger partial charge in [0.25, 0.3) is 11.8 Å². The van der Waals surface area contributed by atoms with Crippen molar-refractivity contribution in [1.29, 1.82) is 0 Å². The molecule has 0 radical (unpaired) electrons. The van der Waals surface area contributed by atoms with E-state index in [4.69, 9.17) is 16.3 Å². The van der Waals surface area contributed by atoms with Gasteiger partial charge in [-0.05, 0) is 30.7 Å². The van der Waals surface area contributed by atoms with Crippen molar-refractivity contribution in [3.05, 3.63) is 34.9 Å². The van der Waals surface area contributed by atoms with Crippen LogP contribution in [0.5, 0.6) is 0 Å². The SMILES string of the molecule is CNC(=O)COC(=O)CCCNC(=O)c1ccc(Cl)cc1. The summed E-state index contributed by atoms with van der Waals surface area (Å²) < 4.78 is 4.72. The Bertz CT molecular complexity index is 502. The minimum Gasteiger partial charge on any atom is -0.456 e. The Morgan fingerprint density at radius 3 is 2.48 bits per heavy atom. The number of halogens is 1. The fourth-order valence-corrected chi connectivity index (χ4v) is 1.55. The van der Waals surface area contributed by atoms with E-state index in [2.05, 4.69) is 10.6 Å². The van der Waals surface area contributed by atoms with Crippen molar-refractivity contribution in [3.8, 4) is 0 Å². The van der Waals surface area contributed by atoms with Gasteiger partial charge in [0.05, 0.1) is 0 Å². The van der Waals surface area contributed by atoms with Gasteiger partial charge >= 0.3 is 5.97 Å². The second-order valence-electron chi connectivity index (χ2n) is 4.20. The molecule has 0 unspecified atom stereocenters. The molecule has 7 heteroatoms. The summed E-state index contributed by atoms with van der Waals surface area (Å²) in [6.07, 6.45) is 0.573. The van der Waals surface area contributed by atoms with Gasteiger partial charge in [-0.25, -0.2) is 0 Å². The highest BCUT2D eigenvalue weighted by molar-refractivity contribution is 6.30. The number of nitrogens with one attached hydrogen (secondary N) is 2. The molecule has 0 spiro atoms. The molecule has 0 aromatic heterocycles. The Labute approximate surface area is 127 Å². The van der Waals surface area contributed by atoms with Crippen LogP contribution in [0.15, 0.2) is 24.3 Å². The molecule has 114 valence electrons. The van der Waals surface area contributed by atoms with Crippen LogP contribution < -0.4 is 10.6 Å². The zero-order valence-electron chi connectivity index (χ0n) is 11.6. The van der Waals surface area contributed by atoms with E-state index in [0.717, 1.165) is 0 Å². The molecule has 6 nitrogen and oxygen atoms in total. The van der Waals surface area contributed by atoms with E-state index in [1.54, 1.807) is 24.3 Å². The van der Waals surface area contributed by atoms with Crippen molar-refractivity contribution in [2.24, 2.45) is 0 Å². The van der Waals surface area contributed by atoms with Crippen molar-refractivity contribution >= 4 is 29.4 Å². The average molecular weight is 313 g/mol. The van der Waals surface area contributed by atoms with Gasteiger partial charge in [0.15, 0.2) is 6.61 Å². The van der Waals surface area contributed by atoms with Gasteiger partial charge in [0.1, 0.15) is 0 Å². The van der Waals surface area contributed by atoms with E-state index in [9.17, 15) is 14.4 Å². The van der Waals surface area contributed by atoms with E-state index in [-0.39, 0.29) is 24.8 Å². The molecule has 0 aliphatic heterocycles. The lowest BCUT2D eigenvalue weighted by atomic mass is 10.2. The van der Waals surface area contributed by atoms with Gasteiger partial charge in [0.2, 0.25) is 0 Å². The molecule has 0 aliphatic rings. The molecule has 0 atom stereocenters. The first-order valence-electron chi connectivity index (χ1n) is 6.43. The fraction of sp³-hybridized carbons (Fsp3) is 0.357. The minimum atomic E-state index is -0.473. The van der Waals surface area contributed by atoms with E-state index < -0.39 is 5.97 Å². The first kappa shape index (κ1) is 17.0. The number of carbonyl (C=O) groups excluding carboxylic acids is 3.